The van der Waals surface area contributed by atoms with E-state index < -0.39 is 41.4 Å². The third-order valence-electron chi connectivity index (χ3n) is 7.36. The Bertz CT molecular complexity index is 1070. The molecule has 0 aromatic carbocycles. The number of anilines is 1. The van der Waals surface area contributed by atoms with Gasteiger partial charge in [0.25, 0.3) is 0 Å². The van der Waals surface area contributed by atoms with Crippen LogP contribution in [0, 0.1) is 11.3 Å². The van der Waals surface area contributed by atoms with Crippen molar-refractivity contribution < 1.29 is 23.2 Å². The van der Waals surface area contributed by atoms with Crippen LogP contribution in [-0.2, 0) is 13.0 Å². The number of aromatic nitrogens is 3. The number of nitrogens with two attached hydrogens (primary N) is 1. The highest BCUT2D eigenvalue weighted by molar-refractivity contribution is 6.83. The molecule has 0 amide bonds. The molecule has 0 aliphatic carbocycles. The third-order valence-corrected chi connectivity index (χ3v) is 17.6. The van der Waals surface area contributed by atoms with E-state index in [4.69, 9.17) is 18.7 Å². The maximum absolute atomic E-state index is 11.6. The highest BCUT2D eigenvalue weighted by atomic mass is 28.5. The van der Waals surface area contributed by atoms with E-state index in [0.717, 1.165) is 0 Å². The molecule has 12 heteroatoms. The molecule has 0 saturated carbocycles. The highest BCUT2D eigenvalue weighted by Gasteiger charge is 2.59. The number of fused-ring (bicyclic) bond motifs is 1. The lowest BCUT2D eigenvalue weighted by atomic mass is 9.93. The SMILES string of the molecule is CC(C)[Si]1(C(C)C)OC[C@@H](O)[C@H]([C@@H](O)C(C#N)c2ccc3c(N)ncnn23)O[Si](C(C)C)(C(C)C)O1. The Kier molecular flexibility index (Phi) is 8.66. The van der Waals surface area contributed by atoms with E-state index >= 15 is 0 Å². The second-order valence-electron chi connectivity index (χ2n) is 10.9. The van der Waals surface area contributed by atoms with E-state index in [0.29, 0.717) is 11.2 Å². The first-order valence-electron chi connectivity index (χ1n) is 12.7. The fourth-order valence-corrected chi connectivity index (χ4v) is 16.6. The summed E-state index contributed by atoms with van der Waals surface area (Å²) in [6, 6.07) is 5.58. The quantitative estimate of drug-likeness (QED) is 0.452. The van der Waals surface area contributed by atoms with Crippen molar-refractivity contribution in [2.24, 2.45) is 0 Å². The van der Waals surface area contributed by atoms with E-state index in [-0.39, 0.29) is 34.6 Å². The number of aliphatic hydroxyl groups excluding tert-OH is 2. The lowest BCUT2D eigenvalue weighted by Gasteiger charge is -2.52. The molecule has 1 aliphatic rings. The fourth-order valence-electron chi connectivity index (χ4n) is 5.33. The van der Waals surface area contributed by atoms with Crippen LogP contribution in [0.1, 0.15) is 67.0 Å². The Balaban J connectivity index is 2.09. The molecule has 1 aliphatic heterocycles. The minimum absolute atomic E-state index is 0.00711. The second kappa shape index (κ2) is 10.9. The van der Waals surface area contributed by atoms with Crippen molar-refractivity contribution >= 4 is 28.5 Å². The van der Waals surface area contributed by atoms with Crippen molar-refractivity contribution in [2.45, 2.75) is 102 Å². The van der Waals surface area contributed by atoms with Gasteiger partial charge in [0, 0.05) is 0 Å². The standard InChI is InChI=1S/C24H41N5O5Si2/c1-14(2)35(15(3)4)32-12-21(30)23(33-36(34-35,16(5)6)17(7)8)22(31)18(11-25)19-9-10-20-24(26)27-13-28-29(19)20/h9-10,13-18,21-23,30-31H,12H2,1-8H3,(H2,26,27,28)/t18?,21-,22+,23-/m1/s1. The van der Waals surface area contributed by atoms with Crippen molar-refractivity contribution in [1.29, 1.82) is 5.26 Å². The molecule has 0 bridgehead atoms. The first-order chi connectivity index (χ1) is 16.8. The Morgan fingerprint density at radius 2 is 1.64 bits per heavy atom. The van der Waals surface area contributed by atoms with Crippen molar-refractivity contribution in [3.8, 4) is 6.07 Å². The van der Waals surface area contributed by atoms with Crippen molar-refractivity contribution in [3.63, 3.8) is 0 Å². The predicted octanol–water partition coefficient (Wildman–Crippen LogP) is 3.60. The van der Waals surface area contributed by atoms with Gasteiger partial charge in [0.15, 0.2) is 5.82 Å². The lowest BCUT2D eigenvalue weighted by molar-refractivity contribution is -0.0918. The largest absolute Gasteiger partial charge is 0.414 e. The van der Waals surface area contributed by atoms with Crippen LogP contribution >= 0.6 is 0 Å². The molecule has 200 valence electrons. The lowest BCUT2D eigenvalue weighted by Crippen LogP contribution is -2.67. The van der Waals surface area contributed by atoms with Gasteiger partial charge in [-0.3, -0.25) is 0 Å². The number of aliphatic hydroxyl groups is 2. The van der Waals surface area contributed by atoms with E-state index in [2.05, 4.69) is 71.5 Å². The highest BCUT2D eigenvalue weighted by Crippen LogP contribution is 2.46. The summed E-state index contributed by atoms with van der Waals surface area (Å²) in [7, 11) is -5.92. The maximum Gasteiger partial charge on any atom is 0.335 e. The number of hydrogen-bond acceptors (Lipinski definition) is 9. The molecule has 2 aromatic rings. The van der Waals surface area contributed by atoms with Gasteiger partial charge in [-0.15, -0.1) is 0 Å². The summed E-state index contributed by atoms with van der Waals surface area (Å²) >= 11 is 0. The van der Waals surface area contributed by atoms with Crippen LogP contribution in [0.3, 0.4) is 0 Å². The minimum Gasteiger partial charge on any atom is -0.414 e. The van der Waals surface area contributed by atoms with Crippen LogP contribution in [-0.4, -0.2) is 66.9 Å². The van der Waals surface area contributed by atoms with Gasteiger partial charge >= 0.3 is 17.1 Å². The summed E-state index contributed by atoms with van der Waals surface area (Å²) in [5, 5.41) is 37.3. The van der Waals surface area contributed by atoms with Gasteiger partial charge in [0.05, 0.1) is 18.4 Å². The zero-order valence-electron chi connectivity index (χ0n) is 22.5. The second-order valence-corrected chi connectivity index (χ2v) is 19.8. The number of nitrogen functional groups attached to an aromatic ring is 1. The maximum atomic E-state index is 11.6. The molecule has 0 spiro atoms. The summed E-state index contributed by atoms with van der Waals surface area (Å²) in [5.41, 5.74) is 7.20. The summed E-state index contributed by atoms with van der Waals surface area (Å²) in [4.78, 5) is 3.99. The monoisotopic (exact) mass is 535 g/mol. The molecule has 1 unspecified atom stereocenters. The topological polar surface area (TPSA) is 148 Å². The number of hydrogen-bond donors (Lipinski definition) is 3. The van der Waals surface area contributed by atoms with E-state index in [1.54, 1.807) is 12.1 Å². The van der Waals surface area contributed by atoms with Crippen molar-refractivity contribution in [2.75, 3.05) is 12.3 Å². The van der Waals surface area contributed by atoms with Crippen molar-refractivity contribution in [1.82, 2.24) is 14.6 Å². The van der Waals surface area contributed by atoms with Crippen LogP contribution in [0.25, 0.3) is 5.52 Å². The third kappa shape index (κ3) is 4.85. The summed E-state index contributed by atoms with van der Waals surface area (Å²) in [6.45, 7) is 16.6. The first-order valence-corrected chi connectivity index (χ1v) is 16.6. The molecule has 1 saturated heterocycles. The number of rotatable bonds is 7. The van der Waals surface area contributed by atoms with Crippen LogP contribution in [0.4, 0.5) is 5.82 Å². The normalized spacial score (nSPS) is 24.1. The fraction of sp³-hybridized carbons (Fsp3) is 0.708. The molecule has 3 rings (SSSR count). The van der Waals surface area contributed by atoms with Crippen LogP contribution in [0.5, 0.6) is 0 Å². The number of nitriles is 1. The predicted molar refractivity (Wildman–Crippen MR) is 142 cm³/mol. The zero-order valence-corrected chi connectivity index (χ0v) is 24.5. The molecular formula is C24H41N5O5Si2. The Labute approximate surface area is 215 Å². The molecule has 10 nitrogen and oxygen atoms in total. The average molecular weight is 536 g/mol. The minimum atomic E-state index is -3.10. The van der Waals surface area contributed by atoms with E-state index in [1.807, 2.05) is 0 Å². The molecule has 2 aromatic heterocycles. The molecule has 3 heterocycles. The summed E-state index contributed by atoms with van der Waals surface area (Å²) < 4.78 is 21.9. The van der Waals surface area contributed by atoms with Crippen LogP contribution in [0.15, 0.2) is 18.5 Å². The summed E-state index contributed by atoms with van der Waals surface area (Å²) in [5.74, 6) is -0.787. The molecular weight excluding hydrogens is 494 g/mol. The van der Waals surface area contributed by atoms with Crippen LogP contribution < -0.4 is 5.73 Å². The van der Waals surface area contributed by atoms with Gasteiger partial charge < -0.3 is 28.9 Å². The van der Waals surface area contributed by atoms with Gasteiger partial charge in [0.1, 0.15) is 36.1 Å². The van der Waals surface area contributed by atoms with Crippen molar-refractivity contribution in [3.05, 3.63) is 24.2 Å². The van der Waals surface area contributed by atoms with Crippen LogP contribution in [0.2, 0.25) is 22.2 Å². The Morgan fingerprint density at radius 3 is 2.17 bits per heavy atom. The van der Waals surface area contributed by atoms with Gasteiger partial charge in [-0.1, -0.05) is 55.4 Å². The Morgan fingerprint density at radius 1 is 1.06 bits per heavy atom. The Hall–Kier alpha value is -1.86. The molecule has 4 N–H and O–H groups in total. The molecule has 36 heavy (non-hydrogen) atoms. The first kappa shape index (κ1) is 28.7. The van der Waals surface area contributed by atoms with E-state index in [1.165, 1.54) is 10.8 Å². The smallest absolute Gasteiger partial charge is 0.335 e. The van der Waals surface area contributed by atoms with Gasteiger partial charge in [-0.25, -0.2) is 9.50 Å². The molecule has 4 atom stereocenters. The van der Waals surface area contributed by atoms with Gasteiger partial charge in [-0.2, -0.15) is 10.4 Å². The zero-order chi connectivity index (χ0) is 27.0. The van der Waals surface area contributed by atoms with Gasteiger partial charge in [0.2, 0.25) is 0 Å². The molecule has 1 fully saturated rings. The molecule has 0 radical (unpaired) electrons. The average Bonchev–Trinajstić information content (AvgIpc) is 3.22. The van der Waals surface area contributed by atoms with E-state index in [9.17, 15) is 15.5 Å². The van der Waals surface area contributed by atoms with Gasteiger partial charge in [-0.05, 0) is 34.3 Å². The summed E-state index contributed by atoms with van der Waals surface area (Å²) in [6.07, 6.45) is -2.32. The number of nitrogens with zero attached hydrogens (tertiary/aromatic N) is 4.